The maximum absolute atomic E-state index is 12.1. The Labute approximate surface area is 155 Å². The van der Waals surface area contributed by atoms with Crippen molar-refractivity contribution in [1.29, 1.82) is 0 Å². The number of allylic oxidation sites excluding steroid dienone is 1. The SMILES string of the molecule is CC12CCC(=O)C=C1[C@@H]1C[C@@H]1C1C2CCC2(C)C1CCC21CCC(=O)O1. The highest BCUT2D eigenvalue weighted by molar-refractivity contribution is 5.92. The molecule has 1 aliphatic heterocycles. The van der Waals surface area contributed by atoms with E-state index in [1.165, 1.54) is 31.3 Å². The molecule has 5 fully saturated rings. The lowest BCUT2D eigenvalue weighted by Gasteiger charge is -2.59. The number of carbonyl (C=O) groups excluding carboxylic acids is 2. The molecule has 0 aromatic heterocycles. The topological polar surface area (TPSA) is 43.4 Å². The fourth-order valence-electron chi connectivity index (χ4n) is 8.70. The maximum atomic E-state index is 12.1. The van der Waals surface area contributed by atoms with Gasteiger partial charge in [-0.15, -0.1) is 0 Å². The lowest BCUT2D eigenvalue weighted by molar-refractivity contribution is -0.168. The second-order valence-corrected chi connectivity index (χ2v) is 10.7. The molecule has 3 nitrogen and oxygen atoms in total. The second kappa shape index (κ2) is 4.64. The minimum absolute atomic E-state index is 0.0323. The number of rotatable bonds is 0. The molecule has 4 saturated carbocycles. The Hall–Kier alpha value is -1.12. The number of hydrogen-bond acceptors (Lipinski definition) is 3. The molecule has 140 valence electrons. The van der Waals surface area contributed by atoms with Crippen LogP contribution in [-0.2, 0) is 14.3 Å². The quantitative estimate of drug-likeness (QED) is 0.604. The number of esters is 1. The molecule has 0 bridgehead atoms. The van der Waals surface area contributed by atoms with E-state index >= 15 is 0 Å². The molecule has 3 heteroatoms. The van der Waals surface area contributed by atoms with Gasteiger partial charge in [0, 0.05) is 18.3 Å². The summed E-state index contributed by atoms with van der Waals surface area (Å²) in [6.07, 6.45) is 11.5. The van der Waals surface area contributed by atoms with Crippen LogP contribution in [0, 0.1) is 40.4 Å². The molecule has 0 radical (unpaired) electrons. The molecule has 8 atom stereocenters. The number of carbonyl (C=O) groups is 2. The van der Waals surface area contributed by atoms with E-state index in [4.69, 9.17) is 4.74 Å². The first-order valence-corrected chi connectivity index (χ1v) is 10.8. The van der Waals surface area contributed by atoms with Crippen LogP contribution >= 0.6 is 0 Å². The highest BCUT2D eigenvalue weighted by Crippen LogP contribution is 2.75. The summed E-state index contributed by atoms with van der Waals surface area (Å²) < 4.78 is 6.06. The highest BCUT2D eigenvalue weighted by Gasteiger charge is 2.71. The summed E-state index contributed by atoms with van der Waals surface area (Å²) in [5, 5.41) is 0. The van der Waals surface area contributed by atoms with Gasteiger partial charge in [-0.05, 0) is 86.0 Å². The van der Waals surface area contributed by atoms with Gasteiger partial charge in [0.25, 0.3) is 0 Å². The molecule has 1 spiro atoms. The van der Waals surface area contributed by atoms with Crippen molar-refractivity contribution in [2.75, 3.05) is 0 Å². The molecular weight excluding hydrogens is 324 g/mol. The number of ketones is 1. The van der Waals surface area contributed by atoms with E-state index < -0.39 is 0 Å². The Morgan fingerprint density at radius 3 is 2.58 bits per heavy atom. The van der Waals surface area contributed by atoms with Crippen molar-refractivity contribution >= 4 is 11.8 Å². The Morgan fingerprint density at radius 2 is 1.81 bits per heavy atom. The van der Waals surface area contributed by atoms with Crippen LogP contribution in [0.25, 0.3) is 0 Å². The third-order valence-electron chi connectivity index (χ3n) is 10.1. The second-order valence-electron chi connectivity index (χ2n) is 10.7. The van der Waals surface area contributed by atoms with Gasteiger partial charge in [-0.1, -0.05) is 19.4 Å². The first-order chi connectivity index (χ1) is 12.4. The minimum Gasteiger partial charge on any atom is -0.458 e. The van der Waals surface area contributed by atoms with Crippen LogP contribution < -0.4 is 0 Å². The Balaban J connectivity index is 1.40. The van der Waals surface area contributed by atoms with Gasteiger partial charge in [-0.3, -0.25) is 9.59 Å². The van der Waals surface area contributed by atoms with Gasteiger partial charge in [0.05, 0.1) is 0 Å². The lowest BCUT2D eigenvalue weighted by atomic mass is 9.46. The molecule has 0 aromatic carbocycles. The lowest BCUT2D eigenvalue weighted by Crippen LogP contribution is -2.55. The molecule has 0 amide bonds. The zero-order chi connectivity index (χ0) is 17.9. The van der Waals surface area contributed by atoms with Gasteiger partial charge in [0.15, 0.2) is 5.78 Å². The molecule has 0 aromatic rings. The maximum Gasteiger partial charge on any atom is 0.306 e. The summed E-state index contributed by atoms with van der Waals surface area (Å²) in [4.78, 5) is 24.1. The van der Waals surface area contributed by atoms with Crippen molar-refractivity contribution < 1.29 is 14.3 Å². The summed E-state index contributed by atoms with van der Waals surface area (Å²) in [5.74, 6) is 4.09. The van der Waals surface area contributed by atoms with Gasteiger partial charge < -0.3 is 4.74 Å². The van der Waals surface area contributed by atoms with Crippen molar-refractivity contribution in [3.05, 3.63) is 11.6 Å². The zero-order valence-electron chi connectivity index (χ0n) is 16.1. The summed E-state index contributed by atoms with van der Waals surface area (Å²) in [6.45, 7) is 4.93. The first-order valence-electron chi connectivity index (χ1n) is 10.8. The van der Waals surface area contributed by atoms with Crippen molar-refractivity contribution in [3.8, 4) is 0 Å². The summed E-state index contributed by atoms with van der Waals surface area (Å²) in [7, 11) is 0. The van der Waals surface area contributed by atoms with Gasteiger partial charge >= 0.3 is 5.97 Å². The van der Waals surface area contributed by atoms with Crippen LogP contribution in [0.2, 0.25) is 0 Å². The smallest absolute Gasteiger partial charge is 0.306 e. The fourth-order valence-corrected chi connectivity index (χ4v) is 8.70. The molecule has 1 saturated heterocycles. The molecule has 1 heterocycles. The highest BCUT2D eigenvalue weighted by atomic mass is 16.6. The van der Waals surface area contributed by atoms with Crippen LogP contribution in [-0.4, -0.2) is 17.4 Å². The monoisotopic (exact) mass is 354 g/mol. The molecule has 0 N–H and O–H groups in total. The van der Waals surface area contributed by atoms with Crippen LogP contribution in [0.5, 0.6) is 0 Å². The fraction of sp³-hybridized carbons (Fsp3) is 0.826. The van der Waals surface area contributed by atoms with Crippen molar-refractivity contribution in [1.82, 2.24) is 0 Å². The Kier molecular flexibility index (Phi) is 2.84. The van der Waals surface area contributed by atoms with E-state index in [9.17, 15) is 9.59 Å². The van der Waals surface area contributed by atoms with E-state index in [0.717, 1.165) is 43.4 Å². The largest absolute Gasteiger partial charge is 0.458 e. The van der Waals surface area contributed by atoms with Crippen molar-refractivity contribution in [2.45, 2.75) is 77.2 Å². The van der Waals surface area contributed by atoms with Gasteiger partial charge in [0.2, 0.25) is 0 Å². The average Bonchev–Trinajstić information content (AvgIpc) is 3.23. The van der Waals surface area contributed by atoms with Crippen LogP contribution in [0.3, 0.4) is 0 Å². The molecule has 5 aliphatic carbocycles. The van der Waals surface area contributed by atoms with Gasteiger partial charge in [-0.25, -0.2) is 0 Å². The minimum atomic E-state index is -0.163. The average molecular weight is 354 g/mol. The number of hydrogen-bond donors (Lipinski definition) is 0. The van der Waals surface area contributed by atoms with E-state index in [-0.39, 0.29) is 22.4 Å². The summed E-state index contributed by atoms with van der Waals surface area (Å²) >= 11 is 0. The van der Waals surface area contributed by atoms with Gasteiger partial charge in [-0.2, -0.15) is 0 Å². The molecule has 26 heavy (non-hydrogen) atoms. The van der Waals surface area contributed by atoms with E-state index in [2.05, 4.69) is 13.8 Å². The standard InChI is InChI=1S/C23H30O3/c1-21-7-3-13(24)11-18(21)14-12-15(14)20-16(21)4-8-22(2)17(20)5-9-23(22)10-6-19(25)26-23/h11,14-17,20H,3-10,12H2,1-2H3/t14-,15+,16?,17?,20?,21?,22?,23?/m1/s1. The molecule has 6 unspecified atom stereocenters. The molecule has 6 rings (SSSR count). The Bertz CT molecular complexity index is 753. The van der Waals surface area contributed by atoms with Crippen LogP contribution in [0.15, 0.2) is 11.6 Å². The first kappa shape index (κ1) is 15.9. The van der Waals surface area contributed by atoms with Gasteiger partial charge in [0.1, 0.15) is 5.60 Å². The van der Waals surface area contributed by atoms with Crippen molar-refractivity contribution in [3.63, 3.8) is 0 Å². The van der Waals surface area contributed by atoms with E-state index in [1.54, 1.807) is 0 Å². The third kappa shape index (κ3) is 1.67. The van der Waals surface area contributed by atoms with Crippen LogP contribution in [0.4, 0.5) is 0 Å². The number of ether oxygens (including phenoxy) is 1. The predicted octanol–water partition coefficient (Wildman–Crippen LogP) is 4.45. The Morgan fingerprint density at radius 1 is 1.00 bits per heavy atom. The zero-order valence-corrected chi connectivity index (χ0v) is 16.1. The molecule has 6 aliphatic rings. The summed E-state index contributed by atoms with van der Waals surface area (Å²) in [5.41, 5.74) is 1.78. The third-order valence-corrected chi connectivity index (χ3v) is 10.1. The summed E-state index contributed by atoms with van der Waals surface area (Å²) in [6, 6.07) is 0. The predicted molar refractivity (Wildman–Crippen MR) is 97.1 cm³/mol. The van der Waals surface area contributed by atoms with Crippen LogP contribution in [0.1, 0.15) is 71.6 Å². The van der Waals surface area contributed by atoms with Crippen molar-refractivity contribution in [2.24, 2.45) is 40.4 Å². The number of fused-ring (bicyclic) bond motifs is 9. The molecular formula is C23H30O3. The van der Waals surface area contributed by atoms with E-state index in [1.807, 2.05) is 6.08 Å². The van der Waals surface area contributed by atoms with E-state index in [0.29, 0.717) is 24.0 Å². The normalized spacial score (nSPS) is 57.0.